The Labute approximate surface area is 111 Å². The number of nitrogens with one attached hydrogen (secondary N) is 1. The van der Waals surface area contributed by atoms with Crippen molar-refractivity contribution in [2.45, 2.75) is 20.3 Å². The lowest BCUT2D eigenvalue weighted by molar-refractivity contribution is 0.341. The average molecular weight is 259 g/mol. The van der Waals surface area contributed by atoms with Crippen LogP contribution in [-0.2, 0) is 6.42 Å². The van der Waals surface area contributed by atoms with Gasteiger partial charge in [-0.05, 0) is 25.5 Å². The second kappa shape index (κ2) is 5.56. The predicted octanol–water partition coefficient (Wildman–Crippen LogP) is 1.98. The Kier molecular flexibility index (Phi) is 3.85. The van der Waals surface area contributed by atoms with Gasteiger partial charge in [0.15, 0.2) is 0 Å². The number of para-hydroxylation sites is 1. The van der Waals surface area contributed by atoms with Gasteiger partial charge >= 0.3 is 0 Å². The molecule has 100 valence electrons. The molecule has 0 fully saturated rings. The fourth-order valence-corrected chi connectivity index (χ4v) is 1.93. The Morgan fingerprint density at radius 1 is 1.32 bits per heavy atom. The largest absolute Gasteiger partial charge is 0.493 e. The van der Waals surface area contributed by atoms with Crippen LogP contribution in [0, 0.1) is 0 Å². The summed E-state index contributed by atoms with van der Waals surface area (Å²) in [5.74, 6) is 1.38. The van der Waals surface area contributed by atoms with E-state index in [0.29, 0.717) is 30.2 Å². The quantitative estimate of drug-likeness (QED) is 0.879. The van der Waals surface area contributed by atoms with Gasteiger partial charge in [0.1, 0.15) is 17.4 Å². The number of anilines is 1. The molecule has 2 aromatic rings. The highest BCUT2D eigenvalue weighted by Gasteiger charge is 2.12. The van der Waals surface area contributed by atoms with Gasteiger partial charge in [-0.15, -0.1) is 0 Å². The minimum absolute atomic E-state index is 0.198. The van der Waals surface area contributed by atoms with Crippen LogP contribution in [0.4, 0.5) is 5.82 Å². The standard InChI is InChI=1S/C14H17N3O2/c1-3-9-12(15)16-13(17-14(9)18)10-7-5-6-8-11(10)19-4-2/h5-8H,3-4H2,1-2H3,(H3,15,16,17,18). The van der Waals surface area contributed by atoms with Crippen molar-refractivity contribution in [1.82, 2.24) is 9.97 Å². The van der Waals surface area contributed by atoms with Crippen molar-refractivity contribution in [1.29, 1.82) is 0 Å². The van der Waals surface area contributed by atoms with Crippen LogP contribution in [0.15, 0.2) is 29.1 Å². The summed E-state index contributed by atoms with van der Waals surface area (Å²) in [5, 5.41) is 0. The normalized spacial score (nSPS) is 10.4. The molecule has 0 bridgehead atoms. The van der Waals surface area contributed by atoms with Crippen LogP contribution in [-0.4, -0.2) is 16.6 Å². The monoisotopic (exact) mass is 259 g/mol. The van der Waals surface area contributed by atoms with Crippen LogP contribution >= 0.6 is 0 Å². The first kappa shape index (κ1) is 13.1. The molecule has 0 radical (unpaired) electrons. The topological polar surface area (TPSA) is 81.0 Å². The molecule has 0 saturated carbocycles. The number of benzene rings is 1. The summed E-state index contributed by atoms with van der Waals surface area (Å²) in [6.45, 7) is 4.32. The van der Waals surface area contributed by atoms with Crippen molar-refractivity contribution in [2.24, 2.45) is 0 Å². The SMILES string of the molecule is CCOc1ccccc1-c1nc(N)c(CC)c(=O)[nH]1. The van der Waals surface area contributed by atoms with Crippen molar-refractivity contribution < 1.29 is 4.74 Å². The van der Waals surface area contributed by atoms with E-state index in [1.807, 2.05) is 38.1 Å². The number of hydrogen-bond donors (Lipinski definition) is 2. The van der Waals surface area contributed by atoms with Gasteiger partial charge in [-0.25, -0.2) is 4.98 Å². The molecule has 3 N–H and O–H groups in total. The summed E-state index contributed by atoms with van der Waals surface area (Å²) < 4.78 is 5.52. The minimum atomic E-state index is -0.198. The highest BCUT2D eigenvalue weighted by atomic mass is 16.5. The number of aromatic nitrogens is 2. The molecule has 0 saturated heterocycles. The Bertz CT molecular complexity index is 635. The molecule has 0 unspecified atom stereocenters. The predicted molar refractivity (Wildman–Crippen MR) is 75.3 cm³/mol. The molecular weight excluding hydrogens is 242 g/mol. The van der Waals surface area contributed by atoms with Crippen LogP contribution < -0.4 is 16.0 Å². The molecule has 1 aromatic carbocycles. The van der Waals surface area contributed by atoms with E-state index in [4.69, 9.17) is 10.5 Å². The van der Waals surface area contributed by atoms with Gasteiger partial charge in [-0.1, -0.05) is 19.1 Å². The number of nitrogens with zero attached hydrogens (tertiary/aromatic N) is 1. The molecule has 5 heteroatoms. The number of nitrogen functional groups attached to an aromatic ring is 1. The molecule has 1 aromatic heterocycles. The molecule has 0 aliphatic rings. The van der Waals surface area contributed by atoms with E-state index in [-0.39, 0.29) is 11.4 Å². The molecule has 0 aliphatic carbocycles. The molecule has 1 heterocycles. The molecule has 5 nitrogen and oxygen atoms in total. The average Bonchev–Trinajstić information content (AvgIpc) is 2.39. The number of rotatable bonds is 4. The van der Waals surface area contributed by atoms with Gasteiger partial charge in [-0.3, -0.25) is 4.79 Å². The third-order valence-electron chi connectivity index (χ3n) is 2.84. The zero-order valence-corrected chi connectivity index (χ0v) is 11.1. The maximum atomic E-state index is 11.9. The van der Waals surface area contributed by atoms with E-state index in [0.717, 1.165) is 5.56 Å². The van der Waals surface area contributed by atoms with E-state index in [1.54, 1.807) is 0 Å². The summed E-state index contributed by atoms with van der Waals surface area (Å²) in [6, 6.07) is 7.41. The molecular formula is C14H17N3O2. The summed E-state index contributed by atoms with van der Waals surface area (Å²) in [5.41, 5.74) is 6.87. The summed E-state index contributed by atoms with van der Waals surface area (Å²) >= 11 is 0. The zero-order chi connectivity index (χ0) is 13.8. The van der Waals surface area contributed by atoms with Crippen molar-refractivity contribution in [3.8, 4) is 17.1 Å². The summed E-state index contributed by atoms with van der Waals surface area (Å²) in [6.07, 6.45) is 0.557. The molecule has 2 rings (SSSR count). The van der Waals surface area contributed by atoms with Crippen LogP contribution in [0.25, 0.3) is 11.4 Å². The maximum Gasteiger partial charge on any atom is 0.256 e. The number of aromatic amines is 1. The van der Waals surface area contributed by atoms with Gasteiger partial charge < -0.3 is 15.5 Å². The Balaban J connectivity index is 2.57. The van der Waals surface area contributed by atoms with Crippen molar-refractivity contribution in [3.05, 3.63) is 40.2 Å². The highest BCUT2D eigenvalue weighted by molar-refractivity contribution is 5.65. The van der Waals surface area contributed by atoms with Crippen LogP contribution in [0.5, 0.6) is 5.75 Å². The summed E-state index contributed by atoms with van der Waals surface area (Å²) in [4.78, 5) is 18.9. The van der Waals surface area contributed by atoms with Gasteiger partial charge in [0, 0.05) is 0 Å². The van der Waals surface area contributed by atoms with E-state index < -0.39 is 0 Å². The van der Waals surface area contributed by atoms with Gasteiger partial charge in [0.25, 0.3) is 5.56 Å². The highest BCUT2D eigenvalue weighted by Crippen LogP contribution is 2.27. The lowest BCUT2D eigenvalue weighted by atomic mass is 10.1. The van der Waals surface area contributed by atoms with Crippen molar-refractivity contribution in [2.75, 3.05) is 12.3 Å². The minimum Gasteiger partial charge on any atom is -0.493 e. The number of nitrogens with two attached hydrogens (primary N) is 1. The van der Waals surface area contributed by atoms with E-state index in [1.165, 1.54) is 0 Å². The third kappa shape index (κ3) is 2.59. The lowest BCUT2D eigenvalue weighted by Crippen LogP contribution is -2.17. The van der Waals surface area contributed by atoms with Gasteiger partial charge in [0.2, 0.25) is 0 Å². The van der Waals surface area contributed by atoms with Gasteiger partial charge in [0.05, 0.1) is 17.7 Å². The number of hydrogen-bond acceptors (Lipinski definition) is 4. The first-order valence-corrected chi connectivity index (χ1v) is 6.28. The Morgan fingerprint density at radius 2 is 2.05 bits per heavy atom. The van der Waals surface area contributed by atoms with Crippen molar-refractivity contribution >= 4 is 5.82 Å². The van der Waals surface area contributed by atoms with Gasteiger partial charge in [-0.2, -0.15) is 0 Å². The Hall–Kier alpha value is -2.30. The molecule has 0 amide bonds. The van der Waals surface area contributed by atoms with Crippen molar-refractivity contribution in [3.63, 3.8) is 0 Å². The molecule has 0 atom stereocenters. The second-order valence-electron chi connectivity index (χ2n) is 4.06. The first-order valence-electron chi connectivity index (χ1n) is 6.28. The van der Waals surface area contributed by atoms with E-state index >= 15 is 0 Å². The van der Waals surface area contributed by atoms with E-state index in [2.05, 4.69) is 9.97 Å². The maximum absolute atomic E-state index is 11.9. The third-order valence-corrected chi connectivity index (χ3v) is 2.84. The molecule has 0 spiro atoms. The fourth-order valence-electron chi connectivity index (χ4n) is 1.93. The molecule has 19 heavy (non-hydrogen) atoms. The zero-order valence-electron chi connectivity index (χ0n) is 11.1. The molecule has 0 aliphatic heterocycles. The van der Waals surface area contributed by atoms with Crippen LogP contribution in [0.2, 0.25) is 0 Å². The lowest BCUT2D eigenvalue weighted by Gasteiger charge is -2.10. The van der Waals surface area contributed by atoms with Crippen LogP contribution in [0.3, 0.4) is 0 Å². The second-order valence-corrected chi connectivity index (χ2v) is 4.06. The summed E-state index contributed by atoms with van der Waals surface area (Å²) in [7, 11) is 0. The van der Waals surface area contributed by atoms with E-state index in [9.17, 15) is 4.79 Å². The smallest absolute Gasteiger partial charge is 0.256 e. The number of H-pyrrole nitrogens is 1. The number of ether oxygens (including phenoxy) is 1. The first-order chi connectivity index (χ1) is 9.17. The fraction of sp³-hybridized carbons (Fsp3) is 0.286. The van der Waals surface area contributed by atoms with Crippen LogP contribution in [0.1, 0.15) is 19.4 Å². The Morgan fingerprint density at radius 3 is 2.68 bits per heavy atom.